The molecule has 0 heterocycles. The molecule has 5 nitrogen and oxygen atoms in total. The van der Waals surface area contributed by atoms with Gasteiger partial charge in [0, 0.05) is 19.6 Å². The van der Waals surface area contributed by atoms with Crippen LogP contribution in [0.15, 0.2) is 12.2 Å². The highest BCUT2D eigenvalue weighted by Gasteiger charge is 2.38. The molecule has 104 valence electrons. The lowest BCUT2D eigenvalue weighted by atomic mass is 10.0. The molecule has 0 bridgehead atoms. The van der Waals surface area contributed by atoms with Crippen molar-refractivity contribution in [2.24, 2.45) is 0 Å². The van der Waals surface area contributed by atoms with E-state index in [-0.39, 0.29) is 6.03 Å². The van der Waals surface area contributed by atoms with Crippen LogP contribution in [-0.4, -0.2) is 52.1 Å². The number of carbonyl (C=O) groups excluding carboxylic acids is 1. The van der Waals surface area contributed by atoms with Gasteiger partial charge in [0.25, 0.3) is 0 Å². The zero-order valence-electron chi connectivity index (χ0n) is 12.0. The maximum atomic E-state index is 12.3. The predicted octanol–water partition coefficient (Wildman–Crippen LogP) is 2.19. The third-order valence-corrected chi connectivity index (χ3v) is 2.86. The third kappa shape index (κ3) is 3.75. The Bertz CT molecular complexity index is 337. The fraction of sp³-hybridized carbons (Fsp3) is 0.692. The lowest BCUT2D eigenvalue weighted by Gasteiger charge is -2.37. The van der Waals surface area contributed by atoms with E-state index >= 15 is 0 Å². The highest BCUT2D eigenvalue weighted by molar-refractivity contribution is 5.85. The summed E-state index contributed by atoms with van der Waals surface area (Å²) in [4.78, 5) is 26.5. The van der Waals surface area contributed by atoms with Gasteiger partial charge in [-0.2, -0.15) is 0 Å². The largest absolute Gasteiger partial charge is 0.480 e. The standard InChI is InChI=1S/C13H24N2O3/c1-7-14(9-10(3)4)12(18)15(8-2)13(5,6)11(16)17/h3,7-9H2,1-2,4-6H3,(H,16,17). The number of carbonyl (C=O) groups is 2. The Morgan fingerprint density at radius 1 is 1.22 bits per heavy atom. The molecule has 0 aliphatic heterocycles. The van der Waals surface area contributed by atoms with Crippen molar-refractivity contribution in [3.63, 3.8) is 0 Å². The first kappa shape index (κ1) is 16.5. The van der Waals surface area contributed by atoms with E-state index in [4.69, 9.17) is 0 Å². The summed E-state index contributed by atoms with van der Waals surface area (Å²) < 4.78 is 0. The summed E-state index contributed by atoms with van der Waals surface area (Å²) in [7, 11) is 0. The molecular weight excluding hydrogens is 232 g/mol. The van der Waals surface area contributed by atoms with Gasteiger partial charge < -0.3 is 14.9 Å². The molecule has 0 radical (unpaired) electrons. The maximum Gasteiger partial charge on any atom is 0.329 e. The minimum Gasteiger partial charge on any atom is -0.480 e. The summed E-state index contributed by atoms with van der Waals surface area (Å²) in [5, 5.41) is 9.20. The second-order valence-electron chi connectivity index (χ2n) is 4.86. The molecule has 0 aromatic carbocycles. The number of carboxylic acid groups (broad SMARTS) is 1. The molecule has 0 aliphatic rings. The van der Waals surface area contributed by atoms with Crippen LogP contribution in [0, 0.1) is 0 Å². The van der Waals surface area contributed by atoms with Gasteiger partial charge in [0.05, 0.1) is 0 Å². The SMILES string of the molecule is C=C(C)CN(CC)C(=O)N(CC)C(C)(C)C(=O)O. The van der Waals surface area contributed by atoms with Crippen LogP contribution in [0.25, 0.3) is 0 Å². The van der Waals surface area contributed by atoms with Gasteiger partial charge in [-0.05, 0) is 34.6 Å². The van der Waals surface area contributed by atoms with Crippen LogP contribution >= 0.6 is 0 Å². The molecule has 2 amide bonds. The van der Waals surface area contributed by atoms with E-state index in [1.165, 1.54) is 18.7 Å². The minimum absolute atomic E-state index is 0.268. The van der Waals surface area contributed by atoms with Crippen LogP contribution in [0.5, 0.6) is 0 Å². The second-order valence-corrected chi connectivity index (χ2v) is 4.86. The highest BCUT2D eigenvalue weighted by Crippen LogP contribution is 2.17. The Morgan fingerprint density at radius 3 is 2.00 bits per heavy atom. The van der Waals surface area contributed by atoms with E-state index in [2.05, 4.69) is 6.58 Å². The van der Waals surface area contributed by atoms with Gasteiger partial charge in [0.15, 0.2) is 0 Å². The molecule has 0 aromatic heterocycles. The quantitative estimate of drug-likeness (QED) is 0.741. The van der Waals surface area contributed by atoms with Crippen LogP contribution in [0.2, 0.25) is 0 Å². The predicted molar refractivity (Wildman–Crippen MR) is 71.6 cm³/mol. The van der Waals surface area contributed by atoms with Crippen molar-refractivity contribution >= 4 is 12.0 Å². The van der Waals surface area contributed by atoms with E-state index in [9.17, 15) is 14.7 Å². The van der Waals surface area contributed by atoms with Gasteiger partial charge in [-0.15, -0.1) is 0 Å². The van der Waals surface area contributed by atoms with Gasteiger partial charge in [-0.1, -0.05) is 12.2 Å². The number of carboxylic acids is 1. The van der Waals surface area contributed by atoms with Crippen molar-refractivity contribution in [2.75, 3.05) is 19.6 Å². The molecule has 1 N–H and O–H groups in total. The number of hydrogen-bond acceptors (Lipinski definition) is 2. The number of amides is 2. The summed E-state index contributed by atoms with van der Waals surface area (Å²) in [5.41, 5.74) is -0.344. The Kier molecular flexibility index (Phi) is 5.88. The Balaban J connectivity index is 5.11. The molecule has 0 rings (SSSR count). The number of rotatable bonds is 6. The fourth-order valence-corrected chi connectivity index (χ4v) is 1.70. The first-order valence-corrected chi connectivity index (χ1v) is 6.12. The molecule has 0 atom stereocenters. The van der Waals surface area contributed by atoms with Crippen molar-refractivity contribution < 1.29 is 14.7 Å². The molecular formula is C13H24N2O3. The van der Waals surface area contributed by atoms with Crippen molar-refractivity contribution in [1.29, 1.82) is 0 Å². The summed E-state index contributed by atoms with van der Waals surface area (Å²) in [6.45, 7) is 13.6. The average Bonchev–Trinajstić information content (AvgIpc) is 2.25. The molecule has 0 saturated carbocycles. The first-order valence-electron chi connectivity index (χ1n) is 6.12. The summed E-state index contributed by atoms with van der Waals surface area (Å²) in [6, 6.07) is -0.268. The second kappa shape index (κ2) is 6.42. The molecule has 0 spiro atoms. The van der Waals surface area contributed by atoms with E-state index in [1.807, 2.05) is 13.8 Å². The van der Waals surface area contributed by atoms with Crippen molar-refractivity contribution in [2.45, 2.75) is 40.2 Å². The number of hydrogen-bond donors (Lipinski definition) is 1. The molecule has 0 fully saturated rings. The molecule has 18 heavy (non-hydrogen) atoms. The smallest absolute Gasteiger partial charge is 0.329 e. The van der Waals surface area contributed by atoms with Gasteiger partial charge in [-0.25, -0.2) is 9.59 Å². The van der Waals surface area contributed by atoms with Crippen molar-refractivity contribution in [1.82, 2.24) is 9.80 Å². The van der Waals surface area contributed by atoms with Crippen LogP contribution in [-0.2, 0) is 4.79 Å². The monoisotopic (exact) mass is 256 g/mol. The summed E-state index contributed by atoms with van der Waals surface area (Å²) in [6.07, 6.45) is 0. The zero-order chi connectivity index (χ0) is 14.5. The van der Waals surface area contributed by atoms with Crippen LogP contribution in [0.4, 0.5) is 4.79 Å². The Hall–Kier alpha value is -1.52. The lowest BCUT2D eigenvalue weighted by Crippen LogP contribution is -2.57. The number of aliphatic carboxylic acids is 1. The Morgan fingerprint density at radius 2 is 1.72 bits per heavy atom. The van der Waals surface area contributed by atoms with Gasteiger partial charge in [0.1, 0.15) is 5.54 Å². The van der Waals surface area contributed by atoms with Crippen LogP contribution in [0.3, 0.4) is 0 Å². The van der Waals surface area contributed by atoms with E-state index in [0.717, 1.165) is 5.57 Å². The minimum atomic E-state index is -1.21. The van der Waals surface area contributed by atoms with Crippen LogP contribution < -0.4 is 0 Å². The number of likely N-dealkylation sites (N-methyl/N-ethyl adjacent to an activating group) is 2. The average molecular weight is 256 g/mol. The Labute approximate surface area is 109 Å². The maximum absolute atomic E-state index is 12.3. The van der Waals surface area contributed by atoms with E-state index in [0.29, 0.717) is 19.6 Å². The van der Waals surface area contributed by atoms with Crippen molar-refractivity contribution in [3.8, 4) is 0 Å². The lowest BCUT2D eigenvalue weighted by molar-refractivity contribution is -0.147. The summed E-state index contributed by atoms with van der Waals surface area (Å²) in [5.74, 6) is -1.01. The molecule has 0 aromatic rings. The van der Waals surface area contributed by atoms with Gasteiger partial charge in [-0.3, -0.25) is 0 Å². The topological polar surface area (TPSA) is 60.9 Å². The van der Waals surface area contributed by atoms with E-state index in [1.54, 1.807) is 11.8 Å². The molecule has 5 heteroatoms. The van der Waals surface area contributed by atoms with Crippen molar-refractivity contribution in [3.05, 3.63) is 12.2 Å². The zero-order valence-corrected chi connectivity index (χ0v) is 12.0. The molecule has 0 aliphatic carbocycles. The number of urea groups is 1. The normalized spacial score (nSPS) is 10.9. The fourth-order valence-electron chi connectivity index (χ4n) is 1.70. The summed E-state index contributed by atoms with van der Waals surface area (Å²) >= 11 is 0. The van der Waals surface area contributed by atoms with E-state index < -0.39 is 11.5 Å². The van der Waals surface area contributed by atoms with Crippen LogP contribution in [0.1, 0.15) is 34.6 Å². The van der Waals surface area contributed by atoms with Gasteiger partial charge in [0.2, 0.25) is 0 Å². The molecule has 0 saturated heterocycles. The third-order valence-electron chi connectivity index (χ3n) is 2.86. The van der Waals surface area contributed by atoms with Gasteiger partial charge >= 0.3 is 12.0 Å². The highest BCUT2D eigenvalue weighted by atomic mass is 16.4. The number of nitrogens with zero attached hydrogens (tertiary/aromatic N) is 2. The molecule has 0 unspecified atom stereocenters. The first-order chi connectivity index (χ1) is 8.18.